The van der Waals surface area contributed by atoms with Crippen LogP contribution in [0.1, 0.15) is 11.1 Å². The highest BCUT2D eigenvalue weighted by atomic mass is 127. The van der Waals surface area contributed by atoms with Gasteiger partial charge in [-0.25, -0.2) is 18.2 Å². The van der Waals surface area contributed by atoms with Crippen LogP contribution in [0.3, 0.4) is 0 Å². The fraction of sp³-hybridized carbons (Fsp3) is 0.158. The summed E-state index contributed by atoms with van der Waals surface area (Å²) in [6.45, 7) is 0.379. The van der Waals surface area contributed by atoms with Crippen LogP contribution in [-0.2, 0) is 13.1 Å². The average Bonchev–Trinajstić information content (AvgIpc) is 3.19. The maximum Gasteiger partial charge on any atom is 0.191 e. The van der Waals surface area contributed by atoms with Crippen molar-refractivity contribution in [1.82, 2.24) is 20.2 Å². The lowest BCUT2D eigenvalue weighted by Crippen LogP contribution is -2.36. The van der Waals surface area contributed by atoms with Gasteiger partial charge < -0.3 is 15.2 Å². The second-order valence-electron chi connectivity index (χ2n) is 5.77. The molecule has 0 fully saturated rings. The number of guanidine groups is 1. The van der Waals surface area contributed by atoms with Gasteiger partial charge in [-0.2, -0.15) is 0 Å². The van der Waals surface area contributed by atoms with Gasteiger partial charge in [0.05, 0.1) is 12.0 Å². The Balaban J connectivity index is 0.00000280. The van der Waals surface area contributed by atoms with Gasteiger partial charge in [-0.15, -0.1) is 24.0 Å². The first-order chi connectivity index (χ1) is 13.1. The Hall–Kier alpha value is -2.56. The predicted octanol–water partition coefficient (Wildman–Crippen LogP) is 3.77. The summed E-state index contributed by atoms with van der Waals surface area (Å²) in [7, 11) is 1.56. The van der Waals surface area contributed by atoms with E-state index in [1.165, 1.54) is 12.4 Å². The third-order valence-corrected chi connectivity index (χ3v) is 3.93. The molecule has 1 heterocycles. The van der Waals surface area contributed by atoms with E-state index in [0.717, 1.165) is 18.2 Å². The van der Waals surface area contributed by atoms with Gasteiger partial charge >= 0.3 is 0 Å². The van der Waals surface area contributed by atoms with E-state index >= 15 is 0 Å². The molecule has 0 saturated carbocycles. The Morgan fingerprint density at radius 1 is 1.04 bits per heavy atom. The highest BCUT2D eigenvalue weighted by Crippen LogP contribution is 2.15. The number of hydrogen-bond acceptors (Lipinski definition) is 2. The van der Waals surface area contributed by atoms with E-state index in [1.54, 1.807) is 36.1 Å². The molecule has 0 amide bonds. The summed E-state index contributed by atoms with van der Waals surface area (Å²) in [6, 6.07) is 8.12. The molecule has 9 heteroatoms. The van der Waals surface area contributed by atoms with Gasteiger partial charge in [0, 0.05) is 38.1 Å². The van der Waals surface area contributed by atoms with E-state index in [4.69, 9.17) is 0 Å². The van der Waals surface area contributed by atoms with Crippen molar-refractivity contribution in [1.29, 1.82) is 0 Å². The Morgan fingerprint density at radius 2 is 1.82 bits per heavy atom. The van der Waals surface area contributed by atoms with Crippen LogP contribution < -0.4 is 10.6 Å². The van der Waals surface area contributed by atoms with Crippen LogP contribution in [0.2, 0.25) is 0 Å². The molecule has 0 aliphatic rings. The molecule has 5 nitrogen and oxygen atoms in total. The van der Waals surface area contributed by atoms with Crippen molar-refractivity contribution in [3.63, 3.8) is 0 Å². The molecule has 0 unspecified atom stereocenters. The number of nitrogens with zero attached hydrogens (tertiary/aromatic N) is 3. The monoisotopic (exact) mass is 501 g/mol. The predicted molar refractivity (Wildman–Crippen MR) is 112 cm³/mol. The molecular formula is C19H19F3IN5. The van der Waals surface area contributed by atoms with Crippen molar-refractivity contribution in [2.24, 2.45) is 4.99 Å². The first-order valence-electron chi connectivity index (χ1n) is 8.22. The Kier molecular flexibility index (Phi) is 7.85. The lowest BCUT2D eigenvalue weighted by molar-refractivity contribution is 0.581. The Morgan fingerprint density at radius 3 is 2.50 bits per heavy atom. The van der Waals surface area contributed by atoms with E-state index in [9.17, 15) is 13.2 Å². The largest absolute Gasteiger partial charge is 0.352 e. The fourth-order valence-corrected chi connectivity index (χ4v) is 2.54. The zero-order valence-electron chi connectivity index (χ0n) is 15.0. The third-order valence-electron chi connectivity index (χ3n) is 3.93. The standard InChI is InChI=1S/C19H18F3N5.HI/c1-23-19(26-11-14-9-15(20)3-4-16(14)21)25-10-13-2-5-18(17(22)8-13)27-7-6-24-12-27;/h2-9,12H,10-11H2,1H3,(H2,23,25,26);1H. The average molecular weight is 501 g/mol. The smallest absolute Gasteiger partial charge is 0.191 e. The molecule has 28 heavy (non-hydrogen) atoms. The van der Waals surface area contributed by atoms with Gasteiger partial charge in [0.15, 0.2) is 5.96 Å². The molecule has 0 aliphatic heterocycles. The number of hydrogen-bond donors (Lipinski definition) is 2. The minimum Gasteiger partial charge on any atom is -0.352 e. The number of benzene rings is 2. The van der Waals surface area contributed by atoms with Gasteiger partial charge in [0.25, 0.3) is 0 Å². The molecule has 148 valence electrons. The Bertz CT molecular complexity index is 945. The number of halogens is 4. The lowest BCUT2D eigenvalue weighted by Gasteiger charge is -2.13. The summed E-state index contributed by atoms with van der Waals surface area (Å²) in [5.74, 6) is -1.00. The quantitative estimate of drug-likeness (QED) is 0.318. The minimum absolute atomic E-state index is 0. The summed E-state index contributed by atoms with van der Waals surface area (Å²) in [5.41, 5.74) is 1.30. The van der Waals surface area contributed by atoms with E-state index in [-0.39, 0.29) is 41.9 Å². The van der Waals surface area contributed by atoms with Crippen molar-refractivity contribution in [2.45, 2.75) is 13.1 Å². The fourth-order valence-electron chi connectivity index (χ4n) is 2.54. The molecule has 1 aromatic heterocycles. The Labute approximate surface area is 177 Å². The summed E-state index contributed by atoms with van der Waals surface area (Å²) < 4.78 is 42.7. The molecule has 0 saturated heterocycles. The van der Waals surface area contributed by atoms with Crippen LogP contribution in [0.4, 0.5) is 13.2 Å². The van der Waals surface area contributed by atoms with Crippen molar-refractivity contribution in [3.8, 4) is 5.69 Å². The zero-order valence-corrected chi connectivity index (χ0v) is 17.3. The summed E-state index contributed by atoms with van der Waals surface area (Å²) in [4.78, 5) is 7.92. The number of aliphatic imine (C=N–C) groups is 1. The highest BCUT2D eigenvalue weighted by molar-refractivity contribution is 14.0. The van der Waals surface area contributed by atoms with Crippen LogP contribution in [0, 0.1) is 17.5 Å². The van der Waals surface area contributed by atoms with Crippen molar-refractivity contribution >= 4 is 29.9 Å². The highest BCUT2D eigenvalue weighted by Gasteiger charge is 2.07. The van der Waals surface area contributed by atoms with Crippen molar-refractivity contribution < 1.29 is 13.2 Å². The third kappa shape index (κ3) is 5.47. The second-order valence-corrected chi connectivity index (χ2v) is 5.77. The van der Waals surface area contributed by atoms with Crippen molar-refractivity contribution in [2.75, 3.05) is 7.05 Å². The number of aromatic nitrogens is 2. The molecule has 0 bridgehead atoms. The van der Waals surface area contributed by atoms with Crippen LogP contribution in [0.15, 0.2) is 60.1 Å². The molecule has 2 aromatic carbocycles. The van der Waals surface area contributed by atoms with E-state index in [2.05, 4.69) is 20.6 Å². The second kappa shape index (κ2) is 10.1. The number of imidazole rings is 1. The van der Waals surface area contributed by atoms with Crippen molar-refractivity contribution in [3.05, 3.63) is 83.7 Å². The minimum atomic E-state index is -0.510. The molecule has 3 rings (SSSR count). The van der Waals surface area contributed by atoms with Gasteiger partial charge in [0.1, 0.15) is 17.5 Å². The van der Waals surface area contributed by atoms with E-state index < -0.39 is 11.6 Å². The molecule has 0 spiro atoms. The van der Waals surface area contributed by atoms with Crippen LogP contribution in [0.5, 0.6) is 0 Å². The molecule has 0 aliphatic carbocycles. The first-order valence-corrected chi connectivity index (χ1v) is 8.22. The molecular weight excluding hydrogens is 482 g/mol. The van der Waals surface area contributed by atoms with Crippen LogP contribution >= 0.6 is 24.0 Å². The molecule has 0 atom stereocenters. The lowest BCUT2D eigenvalue weighted by atomic mass is 10.2. The van der Waals surface area contributed by atoms with Crippen LogP contribution in [-0.4, -0.2) is 22.6 Å². The first kappa shape index (κ1) is 21.7. The SMILES string of the molecule is CN=C(NCc1ccc(-n2ccnc2)c(F)c1)NCc1cc(F)ccc1F.I. The number of nitrogens with one attached hydrogen (secondary N) is 2. The topological polar surface area (TPSA) is 54.2 Å². The number of rotatable bonds is 5. The maximum absolute atomic E-state index is 14.3. The molecule has 2 N–H and O–H groups in total. The molecule has 0 radical (unpaired) electrons. The zero-order chi connectivity index (χ0) is 19.2. The van der Waals surface area contributed by atoms with Crippen LogP contribution in [0.25, 0.3) is 5.69 Å². The van der Waals surface area contributed by atoms with Gasteiger partial charge in [-0.3, -0.25) is 4.99 Å². The van der Waals surface area contributed by atoms with Gasteiger partial charge in [0.2, 0.25) is 0 Å². The van der Waals surface area contributed by atoms with E-state index in [1.807, 2.05) is 0 Å². The van der Waals surface area contributed by atoms with E-state index in [0.29, 0.717) is 23.8 Å². The maximum atomic E-state index is 14.3. The molecule has 3 aromatic rings. The van der Waals surface area contributed by atoms with Gasteiger partial charge in [-0.1, -0.05) is 6.07 Å². The summed E-state index contributed by atoms with van der Waals surface area (Å²) in [6.07, 6.45) is 4.76. The normalized spacial score (nSPS) is 11.1. The summed E-state index contributed by atoms with van der Waals surface area (Å²) in [5, 5.41) is 5.91. The van der Waals surface area contributed by atoms with Gasteiger partial charge in [-0.05, 0) is 35.9 Å². The summed E-state index contributed by atoms with van der Waals surface area (Å²) >= 11 is 0.